The molecule has 0 radical (unpaired) electrons. The van der Waals surface area contributed by atoms with Crippen molar-refractivity contribution in [1.29, 1.82) is 0 Å². The number of aryl methyl sites for hydroxylation is 1. The third-order valence-electron chi connectivity index (χ3n) is 4.05. The third-order valence-corrected chi connectivity index (χ3v) is 4.05. The van der Waals surface area contributed by atoms with E-state index in [9.17, 15) is 39.0 Å². The molecular formula is C24H32N2O14. The number of nitrogens with zero attached hydrogens (tertiary/aromatic N) is 2. The van der Waals surface area contributed by atoms with Gasteiger partial charge in [-0.2, -0.15) is 0 Å². The van der Waals surface area contributed by atoms with Gasteiger partial charge in [0.2, 0.25) is 0 Å². The first-order valence-corrected chi connectivity index (χ1v) is 11.1. The van der Waals surface area contributed by atoms with Gasteiger partial charge in [-0.05, 0) is 21.0 Å². The Bertz CT molecular complexity index is 1010. The average Bonchev–Trinajstić information content (AvgIpc) is 2.86. The van der Waals surface area contributed by atoms with Crippen LogP contribution < -0.4 is 0 Å². The fourth-order valence-corrected chi connectivity index (χ4v) is 2.12. The number of aromatic nitrogens is 1. The van der Waals surface area contributed by atoms with Crippen molar-refractivity contribution in [2.24, 2.45) is 0 Å². The number of rotatable bonds is 13. The highest BCUT2D eigenvalue weighted by Crippen LogP contribution is 2.24. The van der Waals surface area contributed by atoms with Crippen LogP contribution >= 0.6 is 0 Å². The lowest BCUT2D eigenvalue weighted by atomic mass is 10.1. The summed E-state index contributed by atoms with van der Waals surface area (Å²) in [5.41, 5.74) is 1.08. The van der Waals surface area contributed by atoms with E-state index in [1.807, 2.05) is 19.0 Å². The number of ether oxygens (including phenoxy) is 2. The summed E-state index contributed by atoms with van der Waals surface area (Å²) in [6, 6.07) is 0. The Morgan fingerprint density at radius 1 is 0.825 bits per heavy atom. The lowest BCUT2D eigenvalue weighted by Crippen LogP contribution is -2.20. The molecule has 0 aliphatic rings. The summed E-state index contributed by atoms with van der Waals surface area (Å²) in [6.45, 7) is 1.97. The van der Waals surface area contributed by atoms with Crippen LogP contribution in [0.1, 0.15) is 29.7 Å². The SMILES string of the molecule is Cc1ncc(COC(=O)CCC(=O)OCCN(C)C)c(CO)c1O.O=C(O)/C=C\C(=O)O.O=C(O)/C=C\C(=O)O. The zero-order valence-electron chi connectivity index (χ0n) is 22.0. The van der Waals surface area contributed by atoms with Crippen LogP contribution in [0.3, 0.4) is 0 Å². The van der Waals surface area contributed by atoms with Gasteiger partial charge in [0.25, 0.3) is 0 Å². The van der Waals surface area contributed by atoms with Gasteiger partial charge in [-0.3, -0.25) is 14.6 Å². The predicted molar refractivity (Wildman–Crippen MR) is 134 cm³/mol. The normalized spacial score (nSPS) is 10.2. The van der Waals surface area contributed by atoms with Crippen molar-refractivity contribution in [3.63, 3.8) is 0 Å². The van der Waals surface area contributed by atoms with Crippen molar-refractivity contribution in [2.75, 3.05) is 27.2 Å². The van der Waals surface area contributed by atoms with Crippen LogP contribution in [0, 0.1) is 6.92 Å². The maximum absolute atomic E-state index is 11.7. The minimum absolute atomic E-state index is 0.0590. The molecule has 0 unspecified atom stereocenters. The number of carbonyl (C=O) groups excluding carboxylic acids is 2. The molecule has 0 amide bonds. The van der Waals surface area contributed by atoms with Gasteiger partial charge < -0.3 is 45.0 Å². The minimum atomic E-state index is -1.26. The number of aromatic hydroxyl groups is 1. The van der Waals surface area contributed by atoms with E-state index in [0.29, 0.717) is 42.1 Å². The van der Waals surface area contributed by atoms with Gasteiger partial charge in [0.1, 0.15) is 19.0 Å². The van der Waals surface area contributed by atoms with Crippen molar-refractivity contribution in [2.45, 2.75) is 33.0 Å². The molecule has 6 N–H and O–H groups in total. The monoisotopic (exact) mass is 572 g/mol. The standard InChI is InChI=1S/C16H24N2O6.2C4H4O4/c1-11-16(22)13(9-19)12(8-17-11)10-24-15(21)5-4-14(20)23-7-6-18(2)3;2*5-3(6)1-2-4(7)8/h8,19,22H,4-7,9-10H2,1-3H3;2*1-2H,(H,5,6)(H,7,8)/b;2*2-1-. The second-order valence-corrected chi connectivity index (χ2v) is 7.56. The second kappa shape index (κ2) is 21.1. The lowest BCUT2D eigenvalue weighted by molar-refractivity contribution is -0.151. The van der Waals surface area contributed by atoms with Crippen molar-refractivity contribution in [1.82, 2.24) is 9.88 Å². The minimum Gasteiger partial charge on any atom is -0.506 e. The molecule has 1 aromatic heterocycles. The molecule has 16 nitrogen and oxygen atoms in total. The van der Waals surface area contributed by atoms with Crippen molar-refractivity contribution in [3.8, 4) is 5.75 Å². The number of aliphatic carboxylic acids is 4. The number of likely N-dealkylation sites (N-methyl/N-ethyl adjacent to an activating group) is 1. The summed E-state index contributed by atoms with van der Waals surface area (Å²) in [7, 11) is 3.73. The Morgan fingerprint density at radius 2 is 1.25 bits per heavy atom. The number of pyridine rings is 1. The summed E-state index contributed by atoms with van der Waals surface area (Å²) in [6.07, 6.45) is 3.51. The molecule has 0 bridgehead atoms. The zero-order chi connectivity index (χ0) is 31.3. The number of hydrogen-bond donors (Lipinski definition) is 6. The van der Waals surface area contributed by atoms with Crippen molar-refractivity contribution < 1.29 is 68.9 Å². The van der Waals surface area contributed by atoms with Gasteiger partial charge in [-0.15, -0.1) is 0 Å². The maximum atomic E-state index is 11.7. The lowest BCUT2D eigenvalue weighted by Gasteiger charge is -2.11. The van der Waals surface area contributed by atoms with Crippen LogP contribution in [0.5, 0.6) is 5.75 Å². The van der Waals surface area contributed by atoms with Crippen molar-refractivity contribution >= 4 is 35.8 Å². The molecule has 0 saturated carbocycles. The van der Waals surface area contributed by atoms with Crippen LogP contribution in [-0.4, -0.2) is 104 Å². The van der Waals surface area contributed by atoms with Gasteiger partial charge in [0.05, 0.1) is 25.1 Å². The molecule has 0 spiro atoms. The van der Waals surface area contributed by atoms with E-state index >= 15 is 0 Å². The molecule has 0 atom stereocenters. The Kier molecular flexibility index (Phi) is 19.7. The highest BCUT2D eigenvalue weighted by atomic mass is 16.5. The fourth-order valence-electron chi connectivity index (χ4n) is 2.12. The number of carbonyl (C=O) groups is 6. The molecule has 1 heterocycles. The molecular weight excluding hydrogens is 540 g/mol. The van der Waals surface area contributed by atoms with E-state index in [4.69, 9.17) is 29.9 Å². The molecule has 0 fully saturated rings. The Labute approximate surface area is 228 Å². The average molecular weight is 573 g/mol. The Morgan fingerprint density at radius 3 is 1.62 bits per heavy atom. The second-order valence-electron chi connectivity index (χ2n) is 7.56. The van der Waals surface area contributed by atoms with Crippen molar-refractivity contribution in [3.05, 3.63) is 47.3 Å². The van der Waals surface area contributed by atoms with E-state index in [1.165, 1.54) is 6.20 Å². The predicted octanol–water partition coefficient (Wildman–Crippen LogP) is -0.0603. The van der Waals surface area contributed by atoms with Gasteiger partial charge in [0.15, 0.2) is 0 Å². The van der Waals surface area contributed by atoms with E-state index in [-0.39, 0.29) is 44.0 Å². The summed E-state index contributed by atoms with van der Waals surface area (Å²) in [5, 5.41) is 50.4. The Hall–Kier alpha value is -4.83. The fraction of sp³-hybridized carbons (Fsp3) is 0.375. The number of carboxylic acids is 4. The molecule has 1 rings (SSSR count). The van der Waals surface area contributed by atoms with Gasteiger partial charge >= 0.3 is 35.8 Å². The third kappa shape index (κ3) is 21.3. The highest BCUT2D eigenvalue weighted by molar-refractivity contribution is 5.90. The van der Waals surface area contributed by atoms with E-state index in [2.05, 4.69) is 4.98 Å². The quantitative estimate of drug-likeness (QED) is 0.134. The molecule has 0 aliphatic carbocycles. The largest absolute Gasteiger partial charge is 0.506 e. The summed E-state index contributed by atoms with van der Waals surface area (Å²) in [4.78, 5) is 67.2. The summed E-state index contributed by atoms with van der Waals surface area (Å²) < 4.78 is 10.0. The number of carboxylic acid groups (broad SMARTS) is 4. The number of aliphatic hydroxyl groups excluding tert-OH is 1. The number of aliphatic hydroxyl groups is 1. The topological polar surface area (TPSA) is 258 Å². The highest BCUT2D eigenvalue weighted by Gasteiger charge is 2.14. The van der Waals surface area contributed by atoms with Gasteiger partial charge in [-0.25, -0.2) is 19.2 Å². The van der Waals surface area contributed by atoms with Crippen LogP contribution in [0.4, 0.5) is 0 Å². The first-order valence-electron chi connectivity index (χ1n) is 11.1. The van der Waals surface area contributed by atoms with Crippen LogP contribution in [0.15, 0.2) is 30.5 Å². The zero-order valence-corrected chi connectivity index (χ0v) is 22.0. The molecule has 0 aromatic carbocycles. The smallest absolute Gasteiger partial charge is 0.328 e. The number of esters is 2. The molecule has 0 aliphatic heterocycles. The van der Waals surface area contributed by atoms with Crippen LogP contribution in [0.25, 0.3) is 0 Å². The Balaban J connectivity index is 0. The van der Waals surface area contributed by atoms with Gasteiger partial charge in [0, 0.05) is 48.2 Å². The molecule has 40 heavy (non-hydrogen) atoms. The first-order chi connectivity index (χ1) is 18.6. The van der Waals surface area contributed by atoms with Crippen LogP contribution in [0.2, 0.25) is 0 Å². The summed E-state index contributed by atoms with van der Waals surface area (Å²) in [5.74, 6) is -6.17. The van der Waals surface area contributed by atoms with Gasteiger partial charge in [-0.1, -0.05) is 0 Å². The van der Waals surface area contributed by atoms with E-state index in [1.54, 1.807) is 6.92 Å². The first kappa shape index (κ1) is 37.3. The summed E-state index contributed by atoms with van der Waals surface area (Å²) >= 11 is 0. The maximum Gasteiger partial charge on any atom is 0.328 e. The van der Waals surface area contributed by atoms with Crippen LogP contribution in [-0.2, 0) is 51.5 Å². The molecule has 0 saturated heterocycles. The molecule has 1 aromatic rings. The number of hydrogen-bond acceptors (Lipinski definition) is 12. The molecule has 16 heteroatoms. The van der Waals surface area contributed by atoms with E-state index in [0.717, 1.165) is 0 Å². The van der Waals surface area contributed by atoms with E-state index < -0.39 is 35.8 Å². The molecule has 222 valence electrons.